The average molecular weight is 461 g/mol. The van der Waals surface area contributed by atoms with Crippen LogP contribution < -0.4 is 10.6 Å². The van der Waals surface area contributed by atoms with Gasteiger partial charge in [0.15, 0.2) is 5.96 Å². The van der Waals surface area contributed by atoms with Crippen molar-refractivity contribution in [1.29, 1.82) is 0 Å². The molecule has 0 aliphatic carbocycles. The minimum atomic E-state index is 0. The molecule has 2 aliphatic heterocycles. The highest BCUT2D eigenvalue weighted by Gasteiger charge is 2.22. The third-order valence-corrected chi connectivity index (χ3v) is 4.88. The molecule has 0 spiro atoms. The van der Waals surface area contributed by atoms with Crippen molar-refractivity contribution in [3.8, 4) is 0 Å². The second kappa shape index (κ2) is 9.70. The molecule has 1 aromatic heterocycles. The third kappa shape index (κ3) is 5.80. The Balaban J connectivity index is 0.00000225. The van der Waals surface area contributed by atoms with Gasteiger partial charge in [0.25, 0.3) is 0 Å². The highest BCUT2D eigenvalue weighted by Crippen LogP contribution is 2.15. The topological polar surface area (TPSA) is 70.4 Å². The van der Waals surface area contributed by atoms with E-state index in [4.69, 9.17) is 4.99 Å². The lowest BCUT2D eigenvalue weighted by Crippen LogP contribution is -2.47. The van der Waals surface area contributed by atoms with Gasteiger partial charge < -0.3 is 15.5 Å². The first-order valence-electron chi connectivity index (χ1n) is 9.27. The molecule has 7 nitrogen and oxygen atoms in total. The van der Waals surface area contributed by atoms with E-state index in [2.05, 4.69) is 39.6 Å². The number of fused-ring (bicyclic) bond motifs is 1. The number of guanidine groups is 1. The van der Waals surface area contributed by atoms with E-state index in [0.29, 0.717) is 12.0 Å². The fraction of sp³-hybridized carbons (Fsp3) is 0.824. The summed E-state index contributed by atoms with van der Waals surface area (Å²) in [5.41, 5.74) is 0. The highest BCUT2D eigenvalue weighted by atomic mass is 127. The van der Waals surface area contributed by atoms with Crippen LogP contribution >= 0.6 is 24.0 Å². The molecule has 1 saturated heterocycles. The summed E-state index contributed by atoms with van der Waals surface area (Å²) in [5.74, 6) is 3.59. The number of nitrogens with zero attached hydrogens (tertiary/aromatic N) is 5. The minimum absolute atomic E-state index is 0. The van der Waals surface area contributed by atoms with Gasteiger partial charge in [-0.1, -0.05) is 0 Å². The normalized spacial score (nSPS) is 24.4. The molecular weight excluding hydrogens is 429 g/mol. The molecule has 0 bridgehead atoms. The molecule has 8 heteroatoms. The maximum atomic E-state index is 4.85. The van der Waals surface area contributed by atoms with E-state index in [9.17, 15) is 0 Å². The van der Waals surface area contributed by atoms with Crippen LogP contribution in [0.4, 0.5) is 0 Å². The fourth-order valence-corrected chi connectivity index (χ4v) is 3.71. The summed E-state index contributed by atoms with van der Waals surface area (Å²) in [7, 11) is 2.21. The van der Waals surface area contributed by atoms with Crippen LogP contribution in [0.2, 0.25) is 0 Å². The molecule has 0 saturated carbocycles. The predicted octanol–water partition coefficient (Wildman–Crippen LogP) is 1.42. The maximum absolute atomic E-state index is 4.85. The van der Waals surface area contributed by atoms with Crippen molar-refractivity contribution in [2.75, 3.05) is 33.2 Å². The molecule has 0 amide bonds. The van der Waals surface area contributed by atoms with E-state index in [0.717, 1.165) is 56.6 Å². The van der Waals surface area contributed by atoms with Crippen molar-refractivity contribution in [1.82, 2.24) is 30.3 Å². The van der Waals surface area contributed by atoms with E-state index in [1.165, 1.54) is 19.4 Å². The number of hydrogen-bond acceptors (Lipinski definition) is 4. The van der Waals surface area contributed by atoms with Crippen LogP contribution in [-0.4, -0.2) is 64.9 Å². The monoisotopic (exact) mass is 461 g/mol. The van der Waals surface area contributed by atoms with E-state index in [1.807, 2.05) is 11.6 Å². The Bertz CT molecular complexity index is 571. The van der Waals surface area contributed by atoms with Gasteiger partial charge in [-0.25, -0.2) is 9.67 Å². The van der Waals surface area contributed by atoms with Crippen molar-refractivity contribution >= 4 is 29.9 Å². The molecule has 2 atom stereocenters. The summed E-state index contributed by atoms with van der Waals surface area (Å²) in [6, 6.07) is 0.366. The second-order valence-corrected chi connectivity index (χ2v) is 7.13. The number of nitrogens with one attached hydrogen (secondary N) is 2. The summed E-state index contributed by atoms with van der Waals surface area (Å²) in [5, 5.41) is 11.5. The fourth-order valence-electron chi connectivity index (χ4n) is 3.71. The number of aromatic nitrogens is 3. The van der Waals surface area contributed by atoms with E-state index >= 15 is 0 Å². The first-order chi connectivity index (χ1) is 11.6. The van der Waals surface area contributed by atoms with Crippen LogP contribution in [0.1, 0.15) is 37.8 Å². The lowest BCUT2D eigenvalue weighted by Gasteiger charge is -2.29. The van der Waals surface area contributed by atoms with Gasteiger partial charge in [0, 0.05) is 32.1 Å². The Kier molecular flexibility index (Phi) is 7.92. The van der Waals surface area contributed by atoms with Crippen molar-refractivity contribution < 1.29 is 0 Å². The number of halogens is 1. The van der Waals surface area contributed by atoms with Gasteiger partial charge in [-0.15, -0.1) is 24.0 Å². The number of hydrogen-bond donors (Lipinski definition) is 2. The molecule has 0 aromatic carbocycles. The Morgan fingerprint density at radius 1 is 1.32 bits per heavy atom. The van der Waals surface area contributed by atoms with Crippen LogP contribution in [-0.2, 0) is 13.0 Å². The van der Waals surface area contributed by atoms with Gasteiger partial charge in [-0.05, 0) is 52.6 Å². The third-order valence-electron chi connectivity index (χ3n) is 4.88. The van der Waals surface area contributed by atoms with Crippen LogP contribution in [0.3, 0.4) is 0 Å². The summed E-state index contributed by atoms with van der Waals surface area (Å²) >= 11 is 0. The van der Waals surface area contributed by atoms with Gasteiger partial charge in [0.1, 0.15) is 11.6 Å². The minimum Gasteiger partial charge on any atom is -0.357 e. The first kappa shape index (κ1) is 20.4. The molecule has 142 valence electrons. The van der Waals surface area contributed by atoms with Gasteiger partial charge in [-0.3, -0.25) is 4.99 Å². The van der Waals surface area contributed by atoms with Crippen molar-refractivity contribution in [3.05, 3.63) is 11.6 Å². The number of aryl methyl sites for hydroxylation is 2. The SMILES string of the molecule is CCNC(=NCC1CCCN(C)C1)NC1CCc2nc(C)nn2C1.I. The molecular formula is C17H32IN7. The van der Waals surface area contributed by atoms with Gasteiger partial charge in [-0.2, -0.15) is 5.10 Å². The average Bonchev–Trinajstić information content (AvgIpc) is 2.92. The molecule has 2 unspecified atom stereocenters. The lowest BCUT2D eigenvalue weighted by molar-refractivity contribution is 0.214. The zero-order chi connectivity index (χ0) is 16.9. The lowest BCUT2D eigenvalue weighted by atomic mass is 9.99. The Morgan fingerprint density at radius 3 is 2.92 bits per heavy atom. The summed E-state index contributed by atoms with van der Waals surface area (Å²) < 4.78 is 2.04. The number of likely N-dealkylation sites (tertiary alicyclic amines) is 1. The Morgan fingerprint density at radius 2 is 2.16 bits per heavy atom. The van der Waals surface area contributed by atoms with Crippen LogP contribution in [0, 0.1) is 12.8 Å². The van der Waals surface area contributed by atoms with Gasteiger partial charge in [0.05, 0.1) is 6.54 Å². The molecule has 0 radical (unpaired) electrons. The quantitative estimate of drug-likeness (QED) is 0.403. The standard InChI is InChI=1S/C17H31N7.HI/c1-4-18-17(19-10-14-6-5-9-23(3)11-14)21-15-7-8-16-20-13(2)22-24(16)12-15;/h14-15H,4-12H2,1-3H3,(H2,18,19,21);1H. The molecule has 25 heavy (non-hydrogen) atoms. The van der Waals surface area contributed by atoms with Crippen molar-refractivity contribution in [2.45, 2.75) is 52.1 Å². The van der Waals surface area contributed by atoms with Gasteiger partial charge >= 0.3 is 0 Å². The number of aliphatic imine (C=N–C) groups is 1. The molecule has 2 N–H and O–H groups in total. The van der Waals surface area contributed by atoms with Crippen LogP contribution in [0.15, 0.2) is 4.99 Å². The van der Waals surface area contributed by atoms with E-state index < -0.39 is 0 Å². The van der Waals surface area contributed by atoms with Crippen molar-refractivity contribution in [2.24, 2.45) is 10.9 Å². The zero-order valence-electron chi connectivity index (χ0n) is 15.7. The first-order valence-corrected chi connectivity index (χ1v) is 9.27. The van der Waals surface area contributed by atoms with Crippen LogP contribution in [0.5, 0.6) is 0 Å². The Labute approximate surface area is 168 Å². The highest BCUT2D eigenvalue weighted by molar-refractivity contribution is 14.0. The van der Waals surface area contributed by atoms with Crippen LogP contribution in [0.25, 0.3) is 0 Å². The number of rotatable bonds is 4. The van der Waals surface area contributed by atoms with E-state index in [1.54, 1.807) is 0 Å². The Hall–Kier alpha value is -0.900. The number of piperidine rings is 1. The summed E-state index contributed by atoms with van der Waals surface area (Å²) in [6.07, 6.45) is 4.63. The summed E-state index contributed by atoms with van der Waals surface area (Å²) in [6.45, 7) is 9.11. The molecule has 3 rings (SSSR count). The smallest absolute Gasteiger partial charge is 0.191 e. The molecule has 2 aliphatic rings. The zero-order valence-corrected chi connectivity index (χ0v) is 18.0. The summed E-state index contributed by atoms with van der Waals surface area (Å²) in [4.78, 5) is 11.7. The molecule has 1 aromatic rings. The van der Waals surface area contributed by atoms with Gasteiger partial charge in [0.2, 0.25) is 0 Å². The van der Waals surface area contributed by atoms with Crippen molar-refractivity contribution in [3.63, 3.8) is 0 Å². The second-order valence-electron chi connectivity index (χ2n) is 7.13. The maximum Gasteiger partial charge on any atom is 0.191 e. The molecule has 1 fully saturated rings. The largest absolute Gasteiger partial charge is 0.357 e. The van der Waals surface area contributed by atoms with E-state index in [-0.39, 0.29) is 24.0 Å². The predicted molar refractivity (Wildman–Crippen MR) is 112 cm³/mol. The molecule has 3 heterocycles.